The summed E-state index contributed by atoms with van der Waals surface area (Å²) >= 11 is 6.13. The van der Waals surface area contributed by atoms with E-state index in [0.717, 1.165) is 33.3 Å². The molecule has 0 unspecified atom stereocenters. The third kappa shape index (κ3) is 3.39. The summed E-state index contributed by atoms with van der Waals surface area (Å²) in [6.07, 6.45) is 3.77. The summed E-state index contributed by atoms with van der Waals surface area (Å²) < 4.78 is 1.92. The van der Waals surface area contributed by atoms with Crippen LogP contribution in [0.2, 0.25) is 5.02 Å². The van der Waals surface area contributed by atoms with E-state index in [1.807, 2.05) is 71.5 Å². The van der Waals surface area contributed by atoms with Gasteiger partial charge in [-0.15, -0.1) is 5.10 Å². The van der Waals surface area contributed by atoms with Gasteiger partial charge in [-0.25, -0.2) is 4.68 Å². The first kappa shape index (κ1) is 17.6. The average Bonchev–Trinajstić information content (AvgIpc) is 3.24. The smallest absolute Gasteiger partial charge is 0.113 e. The van der Waals surface area contributed by atoms with Gasteiger partial charge in [0.15, 0.2) is 0 Å². The minimum atomic E-state index is -0.0544. The number of halogens is 1. The largest absolute Gasteiger partial charge is 0.256 e. The molecule has 0 spiro atoms. The summed E-state index contributed by atoms with van der Waals surface area (Å²) in [6, 6.07) is 28.3. The van der Waals surface area contributed by atoms with Gasteiger partial charge in [0.25, 0.3) is 0 Å². The van der Waals surface area contributed by atoms with E-state index in [4.69, 9.17) is 11.6 Å². The van der Waals surface area contributed by atoms with Crippen LogP contribution in [-0.2, 0) is 0 Å². The Morgan fingerprint density at radius 1 is 0.793 bits per heavy atom. The maximum absolute atomic E-state index is 6.13. The quantitative estimate of drug-likeness (QED) is 0.386. The van der Waals surface area contributed by atoms with Crippen LogP contribution in [0, 0.1) is 0 Å². The van der Waals surface area contributed by atoms with E-state index < -0.39 is 0 Å². The zero-order chi connectivity index (χ0) is 19.6. The van der Waals surface area contributed by atoms with Gasteiger partial charge in [-0.3, -0.25) is 4.98 Å². The molecule has 0 aliphatic rings. The molecule has 0 N–H and O–H groups in total. The van der Waals surface area contributed by atoms with Crippen molar-refractivity contribution in [1.82, 2.24) is 20.0 Å². The van der Waals surface area contributed by atoms with Crippen molar-refractivity contribution in [3.8, 4) is 11.3 Å². The topological polar surface area (TPSA) is 43.6 Å². The minimum Gasteiger partial charge on any atom is -0.256 e. The summed E-state index contributed by atoms with van der Waals surface area (Å²) in [5, 5.41) is 10.6. The number of hydrogen-bond acceptors (Lipinski definition) is 3. The van der Waals surface area contributed by atoms with Crippen LogP contribution in [0.4, 0.5) is 0 Å². The molecule has 3 aromatic carbocycles. The molecule has 0 saturated carbocycles. The molecule has 140 valence electrons. The van der Waals surface area contributed by atoms with Crippen molar-refractivity contribution in [1.29, 1.82) is 0 Å². The highest BCUT2D eigenvalue weighted by atomic mass is 35.5. The molecule has 29 heavy (non-hydrogen) atoms. The van der Waals surface area contributed by atoms with E-state index in [2.05, 4.69) is 39.6 Å². The summed E-state index contributed by atoms with van der Waals surface area (Å²) in [4.78, 5) is 4.43. The number of aromatic nitrogens is 4. The van der Waals surface area contributed by atoms with Gasteiger partial charge in [0.1, 0.15) is 11.7 Å². The monoisotopic (exact) mass is 396 g/mol. The van der Waals surface area contributed by atoms with Gasteiger partial charge >= 0.3 is 0 Å². The molecular weight excluding hydrogens is 380 g/mol. The third-order valence-corrected chi connectivity index (χ3v) is 5.22. The van der Waals surface area contributed by atoms with Crippen LogP contribution < -0.4 is 0 Å². The van der Waals surface area contributed by atoms with Crippen molar-refractivity contribution < 1.29 is 0 Å². The maximum atomic E-state index is 6.13. The number of fused-ring (bicyclic) bond motifs is 1. The Balaban J connectivity index is 1.63. The van der Waals surface area contributed by atoms with Crippen LogP contribution in [0.1, 0.15) is 17.2 Å². The van der Waals surface area contributed by atoms with Crippen LogP contribution in [0.3, 0.4) is 0 Å². The molecule has 0 aliphatic carbocycles. The van der Waals surface area contributed by atoms with Crippen molar-refractivity contribution in [2.75, 3.05) is 0 Å². The summed E-state index contributed by atoms with van der Waals surface area (Å²) in [5.74, 6) is 0. The van der Waals surface area contributed by atoms with Gasteiger partial charge in [-0.05, 0) is 29.3 Å². The second kappa shape index (κ2) is 7.49. The van der Waals surface area contributed by atoms with Gasteiger partial charge in [0, 0.05) is 22.2 Å². The van der Waals surface area contributed by atoms with E-state index in [1.54, 1.807) is 6.20 Å². The normalized spacial score (nSPS) is 11.2. The highest BCUT2D eigenvalue weighted by molar-refractivity contribution is 6.31. The highest BCUT2D eigenvalue weighted by Crippen LogP contribution is 2.30. The highest BCUT2D eigenvalue weighted by Gasteiger charge is 2.19. The van der Waals surface area contributed by atoms with Crippen molar-refractivity contribution in [3.05, 3.63) is 113 Å². The lowest BCUT2D eigenvalue weighted by Crippen LogP contribution is -2.13. The fourth-order valence-corrected chi connectivity index (χ4v) is 3.81. The standard InChI is InChI=1S/C24H17ClN4/c25-19-11-12-20-21(13-14-26-22(20)15-19)23-16-29(28-27-23)24(17-7-3-1-4-8-17)18-9-5-2-6-10-18/h1-16,24H. The van der Waals surface area contributed by atoms with Crippen LogP contribution in [-0.4, -0.2) is 20.0 Å². The molecule has 0 aliphatic heterocycles. The van der Waals surface area contributed by atoms with Crippen molar-refractivity contribution in [2.24, 2.45) is 0 Å². The van der Waals surface area contributed by atoms with E-state index in [-0.39, 0.29) is 6.04 Å². The Morgan fingerprint density at radius 3 is 2.17 bits per heavy atom. The second-order valence-corrected chi connectivity index (χ2v) is 7.26. The second-order valence-electron chi connectivity index (χ2n) is 6.83. The molecule has 4 nitrogen and oxygen atoms in total. The summed E-state index contributed by atoms with van der Waals surface area (Å²) in [6.45, 7) is 0. The molecule has 0 fully saturated rings. The van der Waals surface area contributed by atoms with Crippen LogP contribution in [0.5, 0.6) is 0 Å². The SMILES string of the molecule is Clc1ccc2c(-c3cn(C(c4ccccc4)c4ccccc4)nn3)ccnc2c1. The summed E-state index contributed by atoms with van der Waals surface area (Å²) in [7, 11) is 0. The van der Waals surface area contributed by atoms with Gasteiger partial charge in [-0.1, -0.05) is 83.5 Å². The molecule has 2 aromatic heterocycles. The lowest BCUT2D eigenvalue weighted by Gasteiger charge is -2.18. The van der Waals surface area contributed by atoms with E-state index in [0.29, 0.717) is 5.02 Å². The molecule has 5 aromatic rings. The molecular formula is C24H17ClN4. The molecule has 0 saturated heterocycles. The Morgan fingerprint density at radius 2 is 1.48 bits per heavy atom. The molecule has 0 atom stereocenters. The number of pyridine rings is 1. The molecule has 5 heteroatoms. The molecule has 2 heterocycles. The van der Waals surface area contributed by atoms with Crippen LogP contribution in [0.15, 0.2) is 97.3 Å². The first-order valence-electron chi connectivity index (χ1n) is 9.36. The average molecular weight is 397 g/mol. The zero-order valence-electron chi connectivity index (χ0n) is 15.5. The Kier molecular flexibility index (Phi) is 4.54. The van der Waals surface area contributed by atoms with E-state index >= 15 is 0 Å². The summed E-state index contributed by atoms with van der Waals surface area (Å²) in [5.41, 5.74) is 4.93. The van der Waals surface area contributed by atoms with Gasteiger partial charge in [-0.2, -0.15) is 0 Å². The van der Waals surface area contributed by atoms with Crippen molar-refractivity contribution in [3.63, 3.8) is 0 Å². The maximum Gasteiger partial charge on any atom is 0.113 e. The minimum absolute atomic E-state index is 0.0544. The van der Waals surface area contributed by atoms with Gasteiger partial charge < -0.3 is 0 Å². The predicted molar refractivity (Wildman–Crippen MR) is 116 cm³/mol. The molecule has 0 radical (unpaired) electrons. The molecule has 0 amide bonds. The van der Waals surface area contributed by atoms with E-state index in [1.165, 1.54) is 0 Å². The number of rotatable bonds is 4. The van der Waals surface area contributed by atoms with Crippen molar-refractivity contribution in [2.45, 2.75) is 6.04 Å². The van der Waals surface area contributed by atoms with Crippen molar-refractivity contribution >= 4 is 22.5 Å². The Labute approximate surface area is 173 Å². The van der Waals surface area contributed by atoms with Gasteiger partial charge in [0.2, 0.25) is 0 Å². The molecule has 5 rings (SSSR count). The lowest BCUT2D eigenvalue weighted by atomic mass is 9.99. The number of hydrogen-bond donors (Lipinski definition) is 0. The molecule has 0 bridgehead atoms. The number of nitrogens with zero attached hydrogens (tertiary/aromatic N) is 4. The zero-order valence-corrected chi connectivity index (χ0v) is 16.2. The van der Waals surface area contributed by atoms with E-state index in [9.17, 15) is 0 Å². The van der Waals surface area contributed by atoms with Crippen LogP contribution in [0.25, 0.3) is 22.2 Å². The third-order valence-electron chi connectivity index (χ3n) is 4.99. The lowest BCUT2D eigenvalue weighted by molar-refractivity contribution is 0.571. The Bertz CT molecular complexity index is 1230. The van der Waals surface area contributed by atoms with Crippen LogP contribution >= 0.6 is 11.6 Å². The fraction of sp³-hybridized carbons (Fsp3) is 0.0417. The first-order valence-corrected chi connectivity index (χ1v) is 9.74. The van der Waals surface area contributed by atoms with Gasteiger partial charge in [0.05, 0.1) is 11.7 Å². The predicted octanol–water partition coefficient (Wildman–Crippen LogP) is 5.78. The number of benzene rings is 3. The fourth-order valence-electron chi connectivity index (χ4n) is 3.64. The Hall–Kier alpha value is -3.50. The first-order chi connectivity index (χ1) is 14.3.